The predicted molar refractivity (Wildman–Crippen MR) is 85.4 cm³/mol. The molecule has 0 fully saturated rings. The van der Waals surface area contributed by atoms with E-state index in [0.717, 1.165) is 22.3 Å². The molecule has 0 aliphatic carbocycles. The molecule has 20 heavy (non-hydrogen) atoms. The van der Waals surface area contributed by atoms with Gasteiger partial charge in [-0.25, -0.2) is 0 Å². The van der Waals surface area contributed by atoms with E-state index in [2.05, 4.69) is 38.4 Å². The number of likely N-dealkylation sites (N-methyl/N-ethyl adjacent to an activating group) is 1. The Hall–Kier alpha value is -1.10. The van der Waals surface area contributed by atoms with Gasteiger partial charge in [-0.05, 0) is 59.2 Å². The van der Waals surface area contributed by atoms with E-state index in [-0.39, 0.29) is 6.04 Å². The Kier molecular flexibility index (Phi) is 5.40. The van der Waals surface area contributed by atoms with Gasteiger partial charge < -0.3 is 10.1 Å². The van der Waals surface area contributed by atoms with Gasteiger partial charge in [-0.2, -0.15) is 0 Å². The number of benzene rings is 1. The Bertz CT molecular complexity index is 575. The molecule has 3 nitrogen and oxygen atoms in total. The average Bonchev–Trinajstić information content (AvgIpc) is 2.46. The fourth-order valence-corrected chi connectivity index (χ4v) is 2.72. The van der Waals surface area contributed by atoms with Gasteiger partial charge in [0.15, 0.2) is 0 Å². The molecule has 1 aromatic carbocycles. The fraction of sp³-hybridized carbons (Fsp3) is 0.267. The van der Waals surface area contributed by atoms with Gasteiger partial charge in [0, 0.05) is 6.20 Å². The lowest BCUT2D eigenvalue weighted by molar-refractivity contribution is 0.412. The van der Waals surface area contributed by atoms with Crippen molar-refractivity contribution >= 4 is 27.5 Å². The number of hydrogen-bond donors (Lipinski definition) is 1. The second-order valence-corrected chi connectivity index (χ2v) is 5.71. The molecule has 0 radical (unpaired) electrons. The molecule has 0 amide bonds. The van der Waals surface area contributed by atoms with Gasteiger partial charge in [-0.15, -0.1) is 0 Å². The van der Waals surface area contributed by atoms with Gasteiger partial charge in [0.2, 0.25) is 0 Å². The number of methoxy groups -OCH3 is 1. The first-order chi connectivity index (χ1) is 9.63. The lowest BCUT2D eigenvalue weighted by atomic mass is 10.0. The van der Waals surface area contributed by atoms with Crippen molar-refractivity contribution in [1.29, 1.82) is 0 Å². The van der Waals surface area contributed by atoms with Crippen molar-refractivity contribution in [2.24, 2.45) is 0 Å². The summed E-state index contributed by atoms with van der Waals surface area (Å²) in [6.45, 7) is 0. The molecule has 106 valence electrons. The van der Waals surface area contributed by atoms with Gasteiger partial charge in [0.1, 0.15) is 5.75 Å². The molecule has 0 bridgehead atoms. The first kappa shape index (κ1) is 15.3. The maximum Gasteiger partial charge on any atom is 0.133 e. The van der Waals surface area contributed by atoms with Crippen LogP contribution in [0.15, 0.2) is 41.0 Å². The molecule has 0 spiro atoms. The fourth-order valence-electron chi connectivity index (χ4n) is 2.02. The Morgan fingerprint density at radius 2 is 2.15 bits per heavy atom. The molecule has 2 aromatic rings. The van der Waals surface area contributed by atoms with Crippen LogP contribution in [-0.4, -0.2) is 19.1 Å². The molecule has 1 aromatic heterocycles. The Morgan fingerprint density at radius 1 is 1.35 bits per heavy atom. The zero-order chi connectivity index (χ0) is 14.5. The van der Waals surface area contributed by atoms with Gasteiger partial charge in [-0.3, -0.25) is 4.98 Å². The minimum atomic E-state index is 0.146. The largest absolute Gasteiger partial charge is 0.496 e. The SMILES string of the molecule is CNC(Cc1ccc(OC)c(Br)c1)c1ccc(Cl)cn1. The van der Waals surface area contributed by atoms with E-state index in [1.807, 2.05) is 25.2 Å². The highest BCUT2D eigenvalue weighted by molar-refractivity contribution is 9.10. The minimum absolute atomic E-state index is 0.146. The second kappa shape index (κ2) is 7.07. The Morgan fingerprint density at radius 3 is 2.70 bits per heavy atom. The Balaban J connectivity index is 2.17. The van der Waals surface area contributed by atoms with E-state index in [9.17, 15) is 0 Å². The summed E-state index contributed by atoms with van der Waals surface area (Å²) < 4.78 is 6.19. The van der Waals surface area contributed by atoms with E-state index >= 15 is 0 Å². The van der Waals surface area contributed by atoms with E-state index in [1.54, 1.807) is 13.3 Å². The molecule has 0 saturated carbocycles. The average molecular weight is 356 g/mol. The predicted octanol–water partition coefficient (Wildman–Crippen LogP) is 4.01. The van der Waals surface area contributed by atoms with Crippen LogP contribution in [0.25, 0.3) is 0 Å². The first-order valence-electron chi connectivity index (χ1n) is 6.25. The lowest BCUT2D eigenvalue weighted by Gasteiger charge is -2.16. The van der Waals surface area contributed by atoms with Crippen LogP contribution < -0.4 is 10.1 Å². The van der Waals surface area contributed by atoms with Crippen molar-refractivity contribution in [2.75, 3.05) is 14.2 Å². The molecule has 2 rings (SSSR count). The molecule has 0 saturated heterocycles. The summed E-state index contributed by atoms with van der Waals surface area (Å²) in [5.74, 6) is 0.833. The second-order valence-electron chi connectivity index (χ2n) is 4.42. The zero-order valence-corrected chi connectivity index (χ0v) is 13.7. The van der Waals surface area contributed by atoms with Crippen LogP contribution in [0, 0.1) is 0 Å². The first-order valence-corrected chi connectivity index (χ1v) is 7.42. The number of rotatable bonds is 5. The van der Waals surface area contributed by atoms with Crippen LogP contribution >= 0.6 is 27.5 Å². The van der Waals surface area contributed by atoms with Crippen molar-refractivity contribution in [3.8, 4) is 5.75 Å². The van der Waals surface area contributed by atoms with Crippen molar-refractivity contribution in [3.05, 3.63) is 57.3 Å². The van der Waals surface area contributed by atoms with Gasteiger partial charge in [0.25, 0.3) is 0 Å². The zero-order valence-electron chi connectivity index (χ0n) is 11.4. The number of ether oxygens (including phenoxy) is 1. The van der Waals surface area contributed by atoms with Crippen LogP contribution in [0.3, 0.4) is 0 Å². The molecule has 1 heterocycles. The van der Waals surface area contributed by atoms with Crippen LogP contribution in [0.4, 0.5) is 0 Å². The van der Waals surface area contributed by atoms with E-state index in [0.29, 0.717) is 5.02 Å². The highest BCUT2D eigenvalue weighted by Gasteiger charge is 2.12. The molecule has 5 heteroatoms. The summed E-state index contributed by atoms with van der Waals surface area (Å²) in [6.07, 6.45) is 2.51. The van der Waals surface area contributed by atoms with Crippen molar-refractivity contribution < 1.29 is 4.74 Å². The number of aromatic nitrogens is 1. The normalized spacial score (nSPS) is 12.2. The van der Waals surface area contributed by atoms with E-state index in [1.165, 1.54) is 5.56 Å². The summed E-state index contributed by atoms with van der Waals surface area (Å²) >= 11 is 9.38. The van der Waals surface area contributed by atoms with Gasteiger partial charge >= 0.3 is 0 Å². The van der Waals surface area contributed by atoms with Gasteiger partial charge in [-0.1, -0.05) is 17.7 Å². The minimum Gasteiger partial charge on any atom is -0.496 e. The molecule has 0 aliphatic rings. The molecular formula is C15H16BrClN2O. The number of nitrogens with zero attached hydrogens (tertiary/aromatic N) is 1. The molecular weight excluding hydrogens is 340 g/mol. The highest BCUT2D eigenvalue weighted by Crippen LogP contribution is 2.27. The standard InChI is InChI=1S/C15H16BrClN2O/c1-18-14(13-5-4-11(17)9-19-13)8-10-3-6-15(20-2)12(16)7-10/h3-7,9,14,18H,8H2,1-2H3. The van der Waals surface area contributed by atoms with Crippen LogP contribution in [-0.2, 0) is 6.42 Å². The lowest BCUT2D eigenvalue weighted by Crippen LogP contribution is -2.19. The van der Waals surface area contributed by atoms with Crippen LogP contribution in [0.5, 0.6) is 5.75 Å². The summed E-state index contributed by atoms with van der Waals surface area (Å²) in [7, 11) is 3.59. The van der Waals surface area contributed by atoms with Crippen LogP contribution in [0.2, 0.25) is 5.02 Å². The summed E-state index contributed by atoms with van der Waals surface area (Å²) in [5.41, 5.74) is 2.18. The smallest absolute Gasteiger partial charge is 0.133 e. The van der Waals surface area contributed by atoms with Gasteiger partial charge in [0.05, 0.1) is 28.3 Å². The molecule has 1 unspecified atom stereocenters. The Labute approximate surface area is 132 Å². The third kappa shape index (κ3) is 3.72. The number of halogens is 2. The van der Waals surface area contributed by atoms with E-state index < -0.39 is 0 Å². The van der Waals surface area contributed by atoms with Crippen molar-refractivity contribution in [1.82, 2.24) is 10.3 Å². The maximum absolute atomic E-state index is 5.87. The third-order valence-corrected chi connectivity index (χ3v) is 3.96. The summed E-state index contributed by atoms with van der Waals surface area (Å²) in [4.78, 5) is 4.37. The summed E-state index contributed by atoms with van der Waals surface area (Å²) in [5, 5.41) is 3.93. The number of nitrogens with one attached hydrogen (secondary N) is 1. The van der Waals surface area contributed by atoms with E-state index in [4.69, 9.17) is 16.3 Å². The topological polar surface area (TPSA) is 34.1 Å². The third-order valence-electron chi connectivity index (χ3n) is 3.11. The molecule has 1 atom stereocenters. The monoisotopic (exact) mass is 354 g/mol. The molecule has 0 aliphatic heterocycles. The van der Waals surface area contributed by atoms with Crippen molar-refractivity contribution in [2.45, 2.75) is 12.5 Å². The maximum atomic E-state index is 5.87. The number of pyridine rings is 1. The van der Waals surface area contributed by atoms with Crippen molar-refractivity contribution in [3.63, 3.8) is 0 Å². The quantitative estimate of drug-likeness (QED) is 0.880. The van der Waals surface area contributed by atoms with Crippen LogP contribution in [0.1, 0.15) is 17.3 Å². The molecule has 1 N–H and O–H groups in total. The number of hydrogen-bond acceptors (Lipinski definition) is 3. The highest BCUT2D eigenvalue weighted by atomic mass is 79.9. The summed E-state index contributed by atoms with van der Waals surface area (Å²) in [6, 6.07) is 10.0.